The topological polar surface area (TPSA) is 86.8 Å². The zero-order chi connectivity index (χ0) is 27.0. The van der Waals surface area contributed by atoms with Crippen LogP contribution in [0.25, 0.3) is 0 Å². The molecule has 1 fully saturated rings. The standard InChI is InChI=1S/C27H35Cl2N3O4S/c1-3-24(27(34)30-22-12-7-8-13-22)31(19-20-10-5-4-6-11-20)26(33)14-9-17-32(37(2,35)36)25-18-21(28)15-16-23(25)29/h4-6,10-11,15-16,18,22,24H,3,7-9,12-14,17,19H2,1-2H3,(H,30,34). The molecule has 202 valence electrons. The Morgan fingerprint density at radius 3 is 2.38 bits per heavy atom. The van der Waals surface area contributed by atoms with Gasteiger partial charge in [0.25, 0.3) is 0 Å². The van der Waals surface area contributed by atoms with Gasteiger partial charge in [0.15, 0.2) is 0 Å². The molecule has 1 saturated carbocycles. The Hall–Kier alpha value is -2.29. The van der Waals surface area contributed by atoms with E-state index in [1.165, 1.54) is 10.4 Å². The highest BCUT2D eigenvalue weighted by molar-refractivity contribution is 7.92. The summed E-state index contributed by atoms with van der Waals surface area (Å²) in [6.45, 7) is 2.25. The predicted molar refractivity (Wildman–Crippen MR) is 149 cm³/mol. The lowest BCUT2D eigenvalue weighted by Gasteiger charge is -2.32. The van der Waals surface area contributed by atoms with Crippen LogP contribution >= 0.6 is 23.2 Å². The van der Waals surface area contributed by atoms with Crippen molar-refractivity contribution in [2.75, 3.05) is 17.1 Å². The third-order valence-corrected chi connectivity index (χ3v) is 8.35. The van der Waals surface area contributed by atoms with Crippen molar-refractivity contribution in [1.82, 2.24) is 10.2 Å². The summed E-state index contributed by atoms with van der Waals surface area (Å²) in [5.74, 6) is -0.343. The summed E-state index contributed by atoms with van der Waals surface area (Å²) in [4.78, 5) is 28.3. The third kappa shape index (κ3) is 8.35. The predicted octanol–water partition coefficient (Wildman–Crippen LogP) is 5.41. The molecule has 3 rings (SSSR count). The zero-order valence-corrected chi connectivity index (χ0v) is 23.7. The fourth-order valence-corrected chi connectivity index (χ4v) is 6.13. The number of hydrogen-bond donors (Lipinski definition) is 1. The van der Waals surface area contributed by atoms with Crippen LogP contribution < -0.4 is 9.62 Å². The van der Waals surface area contributed by atoms with Gasteiger partial charge in [0.1, 0.15) is 6.04 Å². The first-order chi connectivity index (χ1) is 17.6. The number of benzene rings is 2. The first-order valence-corrected chi connectivity index (χ1v) is 15.3. The molecule has 0 aliphatic heterocycles. The van der Waals surface area contributed by atoms with Crippen molar-refractivity contribution in [2.24, 2.45) is 0 Å². The number of carbonyl (C=O) groups is 2. The molecular weight excluding hydrogens is 533 g/mol. The molecule has 1 aliphatic rings. The van der Waals surface area contributed by atoms with Gasteiger partial charge in [-0.2, -0.15) is 0 Å². The highest BCUT2D eigenvalue weighted by Crippen LogP contribution is 2.31. The molecule has 0 saturated heterocycles. The van der Waals surface area contributed by atoms with Crippen molar-refractivity contribution < 1.29 is 18.0 Å². The fourth-order valence-electron chi connectivity index (χ4n) is 4.73. The molecule has 0 heterocycles. The van der Waals surface area contributed by atoms with Gasteiger partial charge in [-0.15, -0.1) is 0 Å². The number of hydrogen-bond acceptors (Lipinski definition) is 4. The second kappa shape index (κ2) is 13.5. The van der Waals surface area contributed by atoms with E-state index in [2.05, 4.69) is 5.32 Å². The van der Waals surface area contributed by atoms with E-state index >= 15 is 0 Å². The number of anilines is 1. The molecule has 2 aromatic rings. The summed E-state index contributed by atoms with van der Waals surface area (Å²) < 4.78 is 26.2. The molecule has 37 heavy (non-hydrogen) atoms. The number of halogens is 2. The van der Waals surface area contributed by atoms with Crippen LogP contribution in [0.2, 0.25) is 10.0 Å². The molecule has 0 spiro atoms. The highest BCUT2D eigenvalue weighted by atomic mass is 35.5. The number of sulfonamides is 1. The van der Waals surface area contributed by atoms with Gasteiger partial charge in [-0.3, -0.25) is 13.9 Å². The van der Waals surface area contributed by atoms with Crippen LogP contribution in [0.4, 0.5) is 5.69 Å². The van der Waals surface area contributed by atoms with E-state index in [4.69, 9.17) is 23.2 Å². The van der Waals surface area contributed by atoms with Crippen molar-refractivity contribution >= 4 is 50.7 Å². The van der Waals surface area contributed by atoms with E-state index < -0.39 is 16.1 Å². The molecule has 0 aromatic heterocycles. The zero-order valence-electron chi connectivity index (χ0n) is 21.3. The van der Waals surface area contributed by atoms with Gasteiger partial charge in [-0.05, 0) is 49.4 Å². The van der Waals surface area contributed by atoms with Gasteiger partial charge in [0.05, 0.1) is 17.0 Å². The summed E-state index contributed by atoms with van der Waals surface area (Å²) >= 11 is 12.3. The molecule has 1 aliphatic carbocycles. The molecule has 7 nitrogen and oxygen atoms in total. The minimum Gasteiger partial charge on any atom is -0.352 e. The quantitative estimate of drug-likeness (QED) is 0.371. The van der Waals surface area contributed by atoms with E-state index in [0.717, 1.165) is 37.5 Å². The first-order valence-electron chi connectivity index (χ1n) is 12.7. The van der Waals surface area contributed by atoms with Crippen LogP contribution in [0.15, 0.2) is 48.5 Å². The molecule has 10 heteroatoms. The highest BCUT2D eigenvalue weighted by Gasteiger charge is 2.31. The van der Waals surface area contributed by atoms with E-state index in [0.29, 0.717) is 18.0 Å². The summed E-state index contributed by atoms with van der Waals surface area (Å²) in [6, 6.07) is 13.7. The average Bonchev–Trinajstić information content (AvgIpc) is 3.36. The van der Waals surface area contributed by atoms with E-state index in [1.807, 2.05) is 37.3 Å². The van der Waals surface area contributed by atoms with Crippen molar-refractivity contribution in [3.8, 4) is 0 Å². The molecule has 0 bridgehead atoms. The maximum atomic E-state index is 13.5. The summed E-state index contributed by atoms with van der Waals surface area (Å²) in [6.07, 6.45) is 6.01. The summed E-state index contributed by atoms with van der Waals surface area (Å²) in [5, 5.41) is 3.74. The Bertz CT molecular complexity index is 1170. The second-order valence-corrected chi connectivity index (χ2v) is 12.2. The van der Waals surface area contributed by atoms with Gasteiger partial charge in [-0.25, -0.2) is 8.42 Å². The lowest BCUT2D eigenvalue weighted by molar-refractivity contribution is -0.141. The van der Waals surface area contributed by atoms with Crippen molar-refractivity contribution in [3.05, 3.63) is 64.1 Å². The first kappa shape index (κ1) is 29.3. The third-order valence-electron chi connectivity index (χ3n) is 6.61. The number of nitrogens with zero attached hydrogens (tertiary/aromatic N) is 2. The smallest absolute Gasteiger partial charge is 0.243 e. The Morgan fingerprint density at radius 1 is 1.08 bits per heavy atom. The maximum Gasteiger partial charge on any atom is 0.243 e. The van der Waals surface area contributed by atoms with Gasteiger partial charge in [0, 0.05) is 30.6 Å². The Morgan fingerprint density at radius 2 is 1.76 bits per heavy atom. The minimum atomic E-state index is -3.67. The largest absolute Gasteiger partial charge is 0.352 e. The fraction of sp³-hybridized carbons (Fsp3) is 0.481. The summed E-state index contributed by atoms with van der Waals surface area (Å²) in [7, 11) is -3.67. The lowest BCUT2D eigenvalue weighted by atomic mass is 10.1. The number of amides is 2. The van der Waals surface area contributed by atoms with Crippen LogP contribution in [-0.4, -0.2) is 50.0 Å². The molecule has 2 aromatic carbocycles. The van der Waals surface area contributed by atoms with Crippen molar-refractivity contribution in [1.29, 1.82) is 0 Å². The monoisotopic (exact) mass is 567 g/mol. The van der Waals surface area contributed by atoms with Crippen LogP contribution in [-0.2, 0) is 26.2 Å². The van der Waals surface area contributed by atoms with E-state index in [-0.39, 0.29) is 48.0 Å². The molecular formula is C27H35Cl2N3O4S. The van der Waals surface area contributed by atoms with E-state index in [9.17, 15) is 18.0 Å². The van der Waals surface area contributed by atoms with Crippen LogP contribution in [0.5, 0.6) is 0 Å². The Labute approximate surface area is 230 Å². The molecule has 2 amide bonds. The van der Waals surface area contributed by atoms with Gasteiger partial charge in [-0.1, -0.05) is 73.3 Å². The Kier molecular flexibility index (Phi) is 10.7. The van der Waals surface area contributed by atoms with Gasteiger partial charge < -0.3 is 10.2 Å². The minimum absolute atomic E-state index is 0.0505. The molecule has 1 unspecified atom stereocenters. The van der Waals surface area contributed by atoms with Gasteiger partial charge >= 0.3 is 0 Å². The maximum absolute atomic E-state index is 13.5. The SMILES string of the molecule is CCC(C(=O)NC1CCCC1)N(Cc1ccccc1)C(=O)CCCN(c1cc(Cl)ccc1Cl)S(C)(=O)=O. The van der Waals surface area contributed by atoms with Crippen LogP contribution in [0, 0.1) is 0 Å². The molecule has 0 radical (unpaired) electrons. The van der Waals surface area contributed by atoms with E-state index in [1.54, 1.807) is 17.0 Å². The van der Waals surface area contributed by atoms with Crippen molar-refractivity contribution in [2.45, 2.75) is 70.5 Å². The van der Waals surface area contributed by atoms with Crippen molar-refractivity contribution in [3.63, 3.8) is 0 Å². The number of carbonyl (C=O) groups excluding carboxylic acids is 2. The second-order valence-electron chi connectivity index (χ2n) is 9.46. The normalized spacial score (nSPS) is 14.8. The average molecular weight is 569 g/mol. The lowest BCUT2D eigenvalue weighted by Crippen LogP contribution is -2.51. The van der Waals surface area contributed by atoms with Crippen LogP contribution in [0.1, 0.15) is 57.4 Å². The number of rotatable bonds is 12. The Balaban J connectivity index is 1.75. The van der Waals surface area contributed by atoms with Crippen LogP contribution in [0.3, 0.4) is 0 Å². The molecule has 1 N–H and O–H groups in total. The van der Waals surface area contributed by atoms with Gasteiger partial charge in [0.2, 0.25) is 21.8 Å². The number of nitrogens with one attached hydrogen (secondary N) is 1. The summed E-state index contributed by atoms with van der Waals surface area (Å²) in [5.41, 5.74) is 1.19. The molecule has 1 atom stereocenters.